The average Bonchev–Trinajstić information content (AvgIpc) is 2.92. The molecule has 0 saturated carbocycles. The van der Waals surface area contributed by atoms with Crippen LogP contribution in [0.15, 0.2) is 17.5 Å². The van der Waals surface area contributed by atoms with E-state index in [-0.39, 0.29) is 11.8 Å². The molecule has 0 radical (unpaired) electrons. The fourth-order valence-electron chi connectivity index (χ4n) is 2.28. The second kappa shape index (κ2) is 5.57. The van der Waals surface area contributed by atoms with Gasteiger partial charge in [-0.25, -0.2) is 0 Å². The van der Waals surface area contributed by atoms with Gasteiger partial charge in [0.25, 0.3) is 0 Å². The van der Waals surface area contributed by atoms with Crippen LogP contribution in [-0.4, -0.2) is 35.0 Å². The maximum atomic E-state index is 12.0. The molecule has 1 aromatic rings. The highest BCUT2D eigenvalue weighted by atomic mass is 32.1. The average molecular weight is 279 g/mol. The van der Waals surface area contributed by atoms with Gasteiger partial charge in [-0.05, 0) is 35.9 Å². The van der Waals surface area contributed by atoms with Gasteiger partial charge >= 0.3 is 5.97 Å². The topological polar surface area (TPSA) is 57.6 Å². The summed E-state index contributed by atoms with van der Waals surface area (Å²) >= 11 is 1.59. The summed E-state index contributed by atoms with van der Waals surface area (Å²) in [6.07, 6.45) is 3.34. The lowest BCUT2D eigenvalue weighted by molar-refractivity contribution is -0.142. The Bertz CT molecular complexity index is 521. The van der Waals surface area contributed by atoms with Crippen LogP contribution in [0.3, 0.4) is 0 Å². The second-order valence-corrected chi connectivity index (χ2v) is 5.91. The molecule has 2 rings (SSSR count). The standard InChI is InChI=1S/C14H17NO3S/c1-9-5-6-19-12(9)3-4-13(16)15-7-10(2)11(8-15)14(17)18/h3-6,10-11H,7-8H2,1-2H3,(H,17,18)/b4-3+/t10-,11-/m1/s1. The lowest BCUT2D eigenvalue weighted by Crippen LogP contribution is -2.28. The van der Waals surface area contributed by atoms with Crippen molar-refractivity contribution >= 4 is 29.3 Å². The predicted molar refractivity (Wildman–Crippen MR) is 75.0 cm³/mol. The fourth-order valence-corrected chi connectivity index (χ4v) is 3.10. The van der Waals surface area contributed by atoms with Gasteiger partial charge in [0.1, 0.15) is 0 Å². The molecule has 2 atom stereocenters. The summed E-state index contributed by atoms with van der Waals surface area (Å²) in [6.45, 7) is 4.70. The minimum Gasteiger partial charge on any atom is -0.481 e. The molecule has 1 aromatic heterocycles. The van der Waals surface area contributed by atoms with E-state index in [1.165, 1.54) is 6.08 Å². The number of hydrogen-bond acceptors (Lipinski definition) is 3. The fraction of sp³-hybridized carbons (Fsp3) is 0.429. The molecule has 0 aromatic carbocycles. The van der Waals surface area contributed by atoms with E-state index < -0.39 is 11.9 Å². The lowest BCUT2D eigenvalue weighted by atomic mass is 9.99. The second-order valence-electron chi connectivity index (χ2n) is 4.97. The first-order chi connectivity index (χ1) is 8.99. The summed E-state index contributed by atoms with van der Waals surface area (Å²) in [5, 5.41) is 11.0. The van der Waals surface area contributed by atoms with E-state index in [4.69, 9.17) is 5.11 Å². The normalized spacial score (nSPS) is 23.2. The van der Waals surface area contributed by atoms with Crippen molar-refractivity contribution < 1.29 is 14.7 Å². The van der Waals surface area contributed by atoms with Crippen molar-refractivity contribution in [2.24, 2.45) is 11.8 Å². The highest BCUT2D eigenvalue weighted by molar-refractivity contribution is 7.11. The van der Waals surface area contributed by atoms with Gasteiger partial charge in [0.15, 0.2) is 0 Å². The Hall–Kier alpha value is -1.62. The molecule has 1 saturated heterocycles. The van der Waals surface area contributed by atoms with Crippen LogP contribution in [0.25, 0.3) is 6.08 Å². The van der Waals surface area contributed by atoms with Gasteiger partial charge in [-0.2, -0.15) is 0 Å². The van der Waals surface area contributed by atoms with Crippen molar-refractivity contribution in [1.82, 2.24) is 4.90 Å². The number of amides is 1. The van der Waals surface area contributed by atoms with Crippen molar-refractivity contribution in [3.8, 4) is 0 Å². The van der Waals surface area contributed by atoms with Crippen molar-refractivity contribution in [2.75, 3.05) is 13.1 Å². The number of carbonyl (C=O) groups is 2. The van der Waals surface area contributed by atoms with Crippen LogP contribution in [0, 0.1) is 18.8 Å². The maximum absolute atomic E-state index is 12.0. The maximum Gasteiger partial charge on any atom is 0.308 e. The highest BCUT2D eigenvalue weighted by Gasteiger charge is 2.36. The predicted octanol–water partition coefficient (Wildman–Crippen LogP) is 2.25. The molecule has 1 fully saturated rings. The van der Waals surface area contributed by atoms with Gasteiger partial charge in [-0.1, -0.05) is 6.92 Å². The molecule has 0 unspecified atom stereocenters. The van der Waals surface area contributed by atoms with Crippen molar-refractivity contribution in [1.29, 1.82) is 0 Å². The van der Waals surface area contributed by atoms with Gasteiger partial charge in [0.2, 0.25) is 5.91 Å². The first kappa shape index (κ1) is 13.8. The van der Waals surface area contributed by atoms with E-state index in [1.54, 1.807) is 22.3 Å². The van der Waals surface area contributed by atoms with Crippen LogP contribution >= 0.6 is 11.3 Å². The quantitative estimate of drug-likeness (QED) is 0.863. The number of nitrogens with zero attached hydrogens (tertiary/aromatic N) is 1. The van der Waals surface area contributed by atoms with Crippen LogP contribution in [0.4, 0.5) is 0 Å². The SMILES string of the molecule is Cc1ccsc1/C=C/C(=O)N1C[C@@H](C)[C@H](C(=O)O)C1. The summed E-state index contributed by atoms with van der Waals surface area (Å²) in [7, 11) is 0. The third-order valence-corrected chi connectivity index (χ3v) is 4.50. The van der Waals surface area contributed by atoms with Crippen LogP contribution < -0.4 is 0 Å². The van der Waals surface area contributed by atoms with Crippen LogP contribution in [0.1, 0.15) is 17.4 Å². The Kier molecular flexibility index (Phi) is 4.04. The summed E-state index contributed by atoms with van der Waals surface area (Å²) in [5.74, 6) is -1.36. The largest absolute Gasteiger partial charge is 0.481 e. The molecular formula is C14H17NO3S. The number of likely N-dealkylation sites (tertiary alicyclic amines) is 1. The molecular weight excluding hydrogens is 262 g/mol. The molecule has 102 valence electrons. The van der Waals surface area contributed by atoms with Gasteiger partial charge in [0, 0.05) is 24.0 Å². The highest BCUT2D eigenvalue weighted by Crippen LogP contribution is 2.24. The van der Waals surface area contributed by atoms with Crippen LogP contribution in [0.2, 0.25) is 0 Å². The van der Waals surface area contributed by atoms with Crippen molar-refractivity contribution in [3.05, 3.63) is 28.0 Å². The number of carboxylic acids is 1. The number of thiophene rings is 1. The smallest absolute Gasteiger partial charge is 0.308 e. The zero-order chi connectivity index (χ0) is 14.0. The molecule has 5 heteroatoms. The van der Waals surface area contributed by atoms with Crippen molar-refractivity contribution in [3.63, 3.8) is 0 Å². The molecule has 1 N–H and O–H groups in total. The molecule has 1 amide bonds. The van der Waals surface area contributed by atoms with E-state index in [9.17, 15) is 9.59 Å². The van der Waals surface area contributed by atoms with Gasteiger partial charge < -0.3 is 10.0 Å². The first-order valence-corrected chi connectivity index (χ1v) is 7.11. The number of carboxylic acid groups (broad SMARTS) is 1. The number of aryl methyl sites for hydroxylation is 1. The number of hydrogen-bond donors (Lipinski definition) is 1. The van der Waals surface area contributed by atoms with Gasteiger partial charge in [0.05, 0.1) is 5.92 Å². The first-order valence-electron chi connectivity index (χ1n) is 6.23. The molecule has 0 bridgehead atoms. The minimum atomic E-state index is -0.819. The molecule has 1 aliphatic heterocycles. The van der Waals surface area contributed by atoms with Gasteiger partial charge in [-0.3, -0.25) is 9.59 Å². The zero-order valence-electron chi connectivity index (χ0n) is 11.0. The molecule has 0 aliphatic carbocycles. The molecule has 19 heavy (non-hydrogen) atoms. The summed E-state index contributed by atoms with van der Waals surface area (Å²) < 4.78 is 0. The third-order valence-electron chi connectivity index (χ3n) is 3.52. The van der Waals surface area contributed by atoms with E-state index >= 15 is 0 Å². The Balaban J connectivity index is 2.00. The van der Waals surface area contributed by atoms with Crippen LogP contribution in [-0.2, 0) is 9.59 Å². The summed E-state index contributed by atoms with van der Waals surface area (Å²) in [5.41, 5.74) is 1.15. The number of aliphatic carboxylic acids is 1. The number of rotatable bonds is 3. The Morgan fingerprint density at radius 3 is 2.74 bits per heavy atom. The Morgan fingerprint density at radius 2 is 2.21 bits per heavy atom. The zero-order valence-corrected chi connectivity index (χ0v) is 11.8. The summed E-state index contributed by atoms with van der Waals surface area (Å²) in [6, 6.07) is 2.01. The van der Waals surface area contributed by atoms with Crippen molar-refractivity contribution in [2.45, 2.75) is 13.8 Å². The van der Waals surface area contributed by atoms with E-state index in [2.05, 4.69) is 0 Å². The van der Waals surface area contributed by atoms with Gasteiger partial charge in [-0.15, -0.1) is 11.3 Å². The lowest BCUT2D eigenvalue weighted by Gasteiger charge is -2.12. The number of carbonyl (C=O) groups excluding carboxylic acids is 1. The Labute approximate surface area is 116 Å². The van der Waals surface area contributed by atoms with E-state index in [0.29, 0.717) is 13.1 Å². The minimum absolute atomic E-state index is 0.0123. The molecule has 1 aliphatic rings. The monoisotopic (exact) mass is 279 g/mol. The molecule has 0 spiro atoms. The Morgan fingerprint density at radius 1 is 1.47 bits per heavy atom. The molecule has 2 heterocycles. The van der Waals surface area contributed by atoms with E-state index in [1.807, 2.05) is 25.3 Å². The summed E-state index contributed by atoms with van der Waals surface area (Å²) in [4.78, 5) is 25.7. The van der Waals surface area contributed by atoms with Crippen LogP contribution in [0.5, 0.6) is 0 Å². The molecule has 4 nitrogen and oxygen atoms in total. The third kappa shape index (κ3) is 3.04. The van der Waals surface area contributed by atoms with E-state index in [0.717, 1.165) is 10.4 Å².